The van der Waals surface area contributed by atoms with Gasteiger partial charge in [0.1, 0.15) is 0 Å². The van der Waals surface area contributed by atoms with Crippen molar-refractivity contribution in [2.24, 2.45) is 0 Å². The Morgan fingerprint density at radius 1 is 1.64 bits per heavy atom. The van der Waals surface area contributed by atoms with Gasteiger partial charge in [-0.3, -0.25) is 0 Å². The van der Waals surface area contributed by atoms with E-state index >= 15 is 0 Å². The highest BCUT2D eigenvalue weighted by Crippen LogP contribution is 2.02. The summed E-state index contributed by atoms with van der Waals surface area (Å²) in [5.41, 5.74) is 0.425. The van der Waals surface area contributed by atoms with Gasteiger partial charge in [0.05, 0.1) is 12.7 Å². The number of rotatable bonds is 3. The molecule has 0 saturated heterocycles. The summed E-state index contributed by atoms with van der Waals surface area (Å²) >= 11 is 0. The third-order valence-corrected chi connectivity index (χ3v) is 1.16. The first kappa shape index (κ1) is 9.70. The van der Waals surface area contributed by atoms with Crippen molar-refractivity contribution in [2.45, 2.75) is 20.3 Å². The zero-order chi connectivity index (χ0) is 8.69. The van der Waals surface area contributed by atoms with Gasteiger partial charge in [-0.05, 0) is 13.3 Å². The Bertz CT molecular complexity index is 201. The molecule has 0 saturated carbocycles. The van der Waals surface area contributed by atoms with Gasteiger partial charge in [0.15, 0.2) is 0 Å². The van der Waals surface area contributed by atoms with E-state index in [-0.39, 0.29) is 0 Å². The van der Waals surface area contributed by atoms with Crippen LogP contribution in [0, 0.1) is 11.3 Å². The number of nitriles is 1. The molecule has 0 aromatic rings. The molecule has 11 heavy (non-hydrogen) atoms. The van der Waals surface area contributed by atoms with E-state index in [1.165, 1.54) is 6.08 Å². The lowest BCUT2D eigenvalue weighted by molar-refractivity contribution is -0.138. The second-order valence-corrected chi connectivity index (χ2v) is 1.87. The minimum absolute atomic E-state index is 0.349. The van der Waals surface area contributed by atoms with Crippen molar-refractivity contribution in [1.29, 1.82) is 5.26 Å². The van der Waals surface area contributed by atoms with Crippen LogP contribution in [0.4, 0.5) is 0 Å². The Morgan fingerprint density at radius 3 is 2.64 bits per heavy atom. The third kappa shape index (κ3) is 3.41. The molecule has 0 unspecified atom stereocenters. The van der Waals surface area contributed by atoms with Crippen LogP contribution >= 0.6 is 0 Å². The summed E-state index contributed by atoms with van der Waals surface area (Å²) in [5.74, 6) is -0.392. The zero-order valence-electron chi connectivity index (χ0n) is 6.76. The summed E-state index contributed by atoms with van der Waals surface area (Å²) in [6.07, 6.45) is 1.75. The highest BCUT2D eigenvalue weighted by atomic mass is 16.5. The van der Waals surface area contributed by atoms with Gasteiger partial charge in [-0.25, -0.2) is 4.79 Å². The maximum atomic E-state index is 10.9. The van der Waals surface area contributed by atoms with Crippen LogP contribution in [0.2, 0.25) is 0 Å². The molecule has 0 heterocycles. The van der Waals surface area contributed by atoms with Gasteiger partial charge < -0.3 is 4.74 Å². The molecule has 0 N–H and O–H groups in total. The number of ether oxygens (including phenoxy) is 1. The van der Waals surface area contributed by atoms with Crippen LogP contribution in [0.15, 0.2) is 11.6 Å². The summed E-state index contributed by atoms with van der Waals surface area (Å²) in [5, 5.41) is 8.25. The van der Waals surface area contributed by atoms with E-state index in [2.05, 4.69) is 4.74 Å². The van der Waals surface area contributed by atoms with Crippen LogP contribution in [0.5, 0.6) is 0 Å². The molecule has 0 aliphatic heterocycles. The molecule has 0 amide bonds. The lowest BCUT2D eigenvalue weighted by Gasteiger charge is -2.00. The minimum Gasteiger partial charge on any atom is -0.463 e. The normalized spacial score (nSPS) is 10.5. The lowest BCUT2D eigenvalue weighted by Crippen LogP contribution is -2.06. The fourth-order valence-electron chi connectivity index (χ4n) is 0.607. The van der Waals surface area contributed by atoms with Gasteiger partial charge >= 0.3 is 5.97 Å². The molecule has 0 aromatic carbocycles. The highest BCUT2D eigenvalue weighted by molar-refractivity contribution is 5.88. The van der Waals surface area contributed by atoms with Gasteiger partial charge in [-0.1, -0.05) is 6.92 Å². The Kier molecular flexibility index (Phi) is 4.83. The maximum Gasteiger partial charge on any atom is 0.334 e. The summed E-state index contributed by atoms with van der Waals surface area (Å²) in [6, 6.07) is 1.80. The molecule has 0 bridgehead atoms. The molecular formula is C8H11NO2. The molecule has 60 valence electrons. The average molecular weight is 153 g/mol. The van der Waals surface area contributed by atoms with Crippen molar-refractivity contribution in [3.63, 3.8) is 0 Å². The van der Waals surface area contributed by atoms with Crippen LogP contribution in [0.25, 0.3) is 0 Å². The number of carbonyl (C=O) groups is 1. The van der Waals surface area contributed by atoms with Gasteiger partial charge in [0.25, 0.3) is 0 Å². The number of nitrogens with zero attached hydrogens (tertiary/aromatic N) is 1. The predicted molar refractivity (Wildman–Crippen MR) is 40.6 cm³/mol. The Balaban J connectivity index is 4.17. The quantitative estimate of drug-likeness (QED) is 0.350. The largest absolute Gasteiger partial charge is 0.463 e. The Morgan fingerprint density at radius 2 is 2.27 bits per heavy atom. The molecule has 3 heteroatoms. The molecule has 3 nitrogen and oxygen atoms in total. The monoisotopic (exact) mass is 153 g/mol. The van der Waals surface area contributed by atoms with Crippen molar-refractivity contribution in [3.8, 4) is 6.07 Å². The number of esters is 1. The molecule has 0 aliphatic carbocycles. The standard InChI is InChI=1S/C8H11NO2/c1-3-7(5-6-9)8(10)11-4-2/h5H,3-4H2,1-2H3. The molecule has 0 aliphatic rings. The molecular weight excluding hydrogens is 142 g/mol. The van der Waals surface area contributed by atoms with E-state index in [0.29, 0.717) is 18.6 Å². The van der Waals surface area contributed by atoms with E-state index in [0.717, 1.165) is 0 Å². The van der Waals surface area contributed by atoms with Crippen LogP contribution in [0.3, 0.4) is 0 Å². The smallest absolute Gasteiger partial charge is 0.334 e. The van der Waals surface area contributed by atoms with Crippen molar-refractivity contribution in [1.82, 2.24) is 0 Å². The van der Waals surface area contributed by atoms with Gasteiger partial charge in [-0.2, -0.15) is 5.26 Å². The van der Waals surface area contributed by atoms with Crippen LogP contribution in [-0.2, 0) is 9.53 Å². The fourth-order valence-corrected chi connectivity index (χ4v) is 0.607. The van der Waals surface area contributed by atoms with E-state index in [1.54, 1.807) is 19.9 Å². The molecule has 0 aromatic heterocycles. The highest BCUT2D eigenvalue weighted by Gasteiger charge is 2.06. The first-order valence-corrected chi connectivity index (χ1v) is 3.52. The zero-order valence-corrected chi connectivity index (χ0v) is 6.76. The van der Waals surface area contributed by atoms with Crippen LogP contribution < -0.4 is 0 Å². The second-order valence-electron chi connectivity index (χ2n) is 1.87. The molecule has 0 rings (SSSR count). The summed E-state index contributed by atoms with van der Waals surface area (Å²) < 4.78 is 4.69. The number of hydrogen-bond acceptors (Lipinski definition) is 3. The average Bonchev–Trinajstić information content (AvgIpc) is 2.00. The first-order chi connectivity index (χ1) is 5.26. The SMILES string of the molecule is CCOC(=O)C(=CC#N)CC. The van der Waals surface area contributed by atoms with Gasteiger partial charge in [0, 0.05) is 11.6 Å². The first-order valence-electron chi connectivity index (χ1n) is 3.52. The van der Waals surface area contributed by atoms with Crippen molar-refractivity contribution in [3.05, 3.63) is 11.6 Å². The minimum atomic E-state index is -0.392. The van der Waals surface area contributed by atoms with Crippen molar-refractivity contribution < 1.29 is 9.53 Å². The van der Waals surface area contributed by atoms with E-state index in [4.69, 9.17) is 5.26 Å². The van der Waals surface area contributed by atoms with Crippen LogP contribution in [-0.4, -0.2) is 12.6 Å². The maximum absolute atomic E-state index is 10.9. The van der Waals surface area contributed by atoms with Crippen molar-refractivity contribution >= 4 is 5.97 Å². The fraction of sp³-hybridized carbons (Fsp3) is 0.500. The predicted octanol–water partition coefficient (Wildman–Crippen LogP) is 1.41. The Hall–Kier alpha value is -1.30. The summed E-state index contributed by atoms with van der Waals surface area (Å²) in [4.78, 5) is 10.9. The third-order valence-electron chi connectivity index (χ3n) is 1.16. The number of carbonyl (C=O) groups excluding carboxylic acids is 1. The Labute approximate surface area is 66.3 Å². The van der Waals surface area contributed by atoms with E-state index < -0.39 is 5.97 Å². The summed E-state index contributed by atoms with van der Waals surface area (Å²) in [6.45, 7) is 3.89. The van der Waals surface area contributed by atoms with Gasteiger partial charge in [-0.15, -0.1) is 0 Å². The van der Waals surface area contributed by atoms with E-state index in [9.17, 15) is 4.79 Å². The topological polar surface area (TPSA) is 50.1 Å². The van der Waals surface area contributed by atoms with E-state index in [1.807, 2.05) is 0 Å². The number of allylic oxidation sites excluding steroid dienone is 1. The molecule has 0 spiro atoms. The molecule has 0 atom stereocenters. The van der Waals surface area contributed by atoms with Crippen LogP contribution in [0.1, 0.15) is 20.3 Å². The van der Waals surface area contributed by atoms with Crippen molar-refractivity contribution in [2.75, 3.05) is 6.61 Å². The number of hydrogen-bond donors (Lipinski definition) is 0. The lowest BCUT2D eigenvalue weighted by atomic mass is 10.2. The molecule has 0 fully saturated rings. The summed E-state index contributed by atoms with van der Waals surface area (Å²) in [7, 11) is 0. The van der Waals surface area contributed by atoms with Gasteiger partial charge in [0.2, 0.25) is 0 Å². The molecule has 0 radical (unpaired) electrons. The second kappa shape index (κ2) is 5.48.